The quantitative estimate of drug-likeness (QED) is 0.510. The van der Waals surface area contributed by atoms with Gasteiger partial charge in [0.15, 0.2) is 5.82 Å². The van der Waals surface area contributed by atoms with E-state index in [1.54, 1.807) is 36.5 Å². The molecule has 0 aliphatic carbocycles. The first-order chi connectivity index (χ1) is 14.6. The number of benzene rings is 1. The molecule has 8 nitrogen and oxygen atoms in total. The average molecular weight is 405 g/mol. The average Bonchev–Trinajstić information content (AvgIpc) is 3.29. The Morgan fingerprint density at radius 2 is 1.97 bits per heavy atom. The van der Waals surface area contributed by atoms with Crippen molar-refractivity contribution in [2.75, 3.05) is 0 Å². The number of hydrogen-bond acceptors (Lipinski definition) is 6. The summed E-state index contributed by atoms with van der Waals surface area (Å²) in [6.07, 6.45) is 3.15. The Morgan fingerprint density at radius 3 is 2.67 bits per heavy atom. The fourth-order valence-corrected chi connectivity index (χ4v) is 2.96. The standard InChI is InChI=1S/C21H16FN5O3/c22-14-6-4-13(5-7-14)17(26-21(29)18-8-10-24-30-18)11-15-12-19(28)27-20(25-15)16-3-1-2-9-23-16/h1-10,12,17H,11H2,(H,26,29)(H,25,27,28). The topological polar surface area (TPSA) is 114 Å². The third-order valence-electron chi connectivity index (χ3n) is 4.35. The van der Waals surface area contributed by atoms with E-state index in [0.29, 0.717) is 22.8 Å². The Labute approximate surface area is 169 Å². The van der Waals surface area contributed by atoms with Crippen molar-refractivity contribution >= 4 is 5.91 Å². The lowest BCUT2D eigenvalue weighted by Gasteiger charge is -2.18. The number of nitrogens with one attached hydrogen (secondary N) is 2. The van der Waals surface area contributed by atoms with Gasteiger partial charge in [-0.1, -0.05) is 23.4 Å². The summed E-state index contributed by atoms with van der Waals surface area (Å²) in [5.74, 6) is -0.532. The zero-order valence-corrected chi connectivity index (χ0v) is 15.6. The molecular formula is C21H16FN5O3. The predicted octanol–water partition coefficient (Wildman–Crippen LogP) is 2.67. The molecule has 2 N–H and O–H groups in total. The number of H-pyrrole nitrogens is 1. The predicted molar refractivity (Wildman–Crippen MR) is 105 cm³/mol. The molecule has 0 saturated carbocycles. The lowest BCUT2D eigenvalue weighted by Crippen LogP contribution is -2.30. The summed E-state index contributed by atoms with van der Waals surface area (Å²) in [7, 11) is 0. The first-order valence-corrected chi connectivity index (χ1v) is 9.07. The number of hydrogen-bond donors (Lipinski definition) is 2. The fourth-order valence-electron chi connectivity index (χ4n) is 2.96. The summed E-state index contributed by atoms with van der Waals surface area (Å²) in [5.41, 5.74) is 1.25. The van der Waals surface area contributed by atoms with Crippen LogP contribution in [0.25, 0.3) is 11.5 Å². The Kier molecular flexibility index (Phi) is 5.42. The van der Waals surface area contributed by atoms with Crippen LogP contribution in [0, 0.1) is 5.82 Å². The number of rotatable bonds is 6. The van der Waals surface area contributed by atoms with Crippen LogP contribution in [0.2, 0.25) is 0 Å². The highest BCUT2D eigenvalue weighted by atomic mass is 19.1. The number of aromatic nitrogens is 4. The molecule has 1 atom stereocenters. The maximum atomic E-state index is 13.4. The summed E-state index contributed by atoms with van der Waals surface area (Å²) < 4.78 is 18.3. The molecule has 30 heavy (non-hydrogen) atoms. The van der Waals surface area contributed by atoms with Crippen LogP contribution in [0.1, 0.15) is 27.9 Å². The Bertz CT molecular complexity index is 1190. The van der Waals surface area contributed by atoms with Crippen molar-refractivity contribution in [3.8, 4) is 11.5 Å². The van der Waals surface area contributed by atoms with E-state index in [1.807, 2.05) is 0 Å². The highest BCUT2D eigenvalue weighted by Gasteiger charge is 2.20. The molecule has 0 aliphatic rings. The van der Waals surface area contributed by atoms with Gasteiger partial charge in [0, 0.05) is 24.8 Å². The van der Waals surface area contributed by atoms with Gasteiger partial charge in [-0.2, -0.15) is 0 Å². The summed E-state index contributed by atoms with van der Waals surface area (Å²) >= 11 is 0. The molecule has 0 fully saturated rings. The van der Waals surface area contributed by atoms with E-state index < -0.39 is 17.8 Å². The van der Waals surface area contributed by atoms with Crippen molar-refractivity contribution in [2.45, 2.75) is 12.5 Å². The van der Waals surface area contributed by atoms with Crippen LogP contribution in [0.4, 0.5) is 4.39 Å². The van der Waals surface area contributed by atoms with Crippen molar-refractivity contribution in [3.05, 3.63) is 100 Å². The molecule has 0 spiro atoms. The fraction of sp³-hybridized carbons (Fsp3) is 0.0952. The van der Waals surface area contributed by atoms with E-state index in [-0.39, 0.29) is 17.7 Å². The van der Waals surface area contributed by atoms with Gasteiger partial charge in [-0.3, -0.25) is 14.6 Å². The molecule has 4 aromatic rings. The number of amides is 1. The number of nitrogens with zero attached hydrogens (tertiary/aromatic N) is 3. The van der Waals surface area contributed by atoms with E-state index >= 15 is 0 Å². The van der Waals surface area contributed by atoms with Gasteiger partial charge in [0.05, 0.1) is 17.9 Å². The Hall–Kier alpha value is -4.14. The first kappa shape index (κ1) is 19.2. The second kappa shape index (κ2) is 8.48. The van der Waals surface area contributed by atoms with Crippen molar-refractivity contribution in [2.24, 2.45) is 0 Å². The second-order valence-corrected chi connectivity index (χ2v) is 6.46. The highest BCUT2D eigenvalue weighted by Crippen LogP contribution is 2.20. The zero-order valence-electron chi connectivity index (χ0n) is 15.6. The highest BCUT2D eigenvalue weighted by molar-refractivity contribution is 5.91. The second-order valence-electron chi connectivity index (χ2n) is 6.46. The monoisotopic (exact) mass is 405 g/mol. The van der Waals surface area contributed by atoms with Crippen molar-refractivity contribution < 1.29 is 13.7 Å². The largest absolute Gasteiger partial charge is 0.351 e. The van der Waals surface area contributed by atoms with Gasteiger partial charge < -0.3 is 14.8 Å². The number of aromatic amines is 1. The lowest BCUT2D eigenvalue weighted by atomic mass is 10.0. The van der Waals surface area contributed by atoms with Crippen LogP contribution in [0.5, 0.6) is 0 Å². The summed E-state index contributed by atoms with van der Waals surface area (Å²) in [4.78, 5) is 36.0. The minimum absolute atomic E-state index is 0.0372. The van der Waals surface area contributed by atoms with E-state index in [9.17, 15) is 14.0 Å². The summed E-state index contributed by atoms with van der Waals surface area (Å²) in [6.45, 7) is 0. The van der Waals surface area contributed by atoms with E-state index in [4.69, 9.17) is 4.52 Å². The van der Waals surface area contributed by atoms with Gasteiger partial charge >= 0.3 is 0 Å². The van der Waals surface area contributed by atoms with Crippen LogP contribution in [0.15, 0.2) is 76.3 Å². The molecule has 1 unspecified atom stereocenters. The van der Waals surface area contributed by atoms with E-state index in [2.05, 4.69) is 25.4 Å². The van der Waals surface area contributed by atoms with Crippen LogP contribution >= 0.6 is 0 Å². The molecule has 3 aromatic heterocycles. The van der Waals surface area contributed by atoms with Gasteiger partial charge in [-0.05, 0) is 29.8 Å². The van der Waals surface area contributed by atoms with Gasteiger partial charge in [-0.25, -0.2) is 9.37 Å². The third kappa shape index (κ3) is 4.46. The van der Waals surface area contributed by atoms with Crippen LogP contribution in [-0.2, 0) is 6.42 Å². The molecule has 0 saturated heterocycles. The van der Waals surface area contributed by atoms with Gasteiger partial charge in [0.25, 0.3) is 11.5 Å². The molecule has 9 heteroatoms. The Balaban J connectivity index is 1.66. The molecule has 0 radical (unpaired) electrons. The van der Waals surface area contributed by atoms with Gasteiger partial charge in [0.2, 0.25) is 5.76 Å². The first-order valence-electron chi connectivity index (χ1n) is 9.07. The molecule has 0 aliphatic heterocycles. The third-order valence-corrected chi connectivity index (χ3v) is 4.35. The SMILES string of the molecule is O=C(NC(Cc1cc(=O)[nH]c(-c2ccccn2)n1)c1ccc(F)cc1)c1ccno1. The Morgan fingerprint density at radius 1 is 1.13 bits per heavy atom. The maximum absolute atomic E-state index is 13.4. The molecule has 150 valence electrons. The number of halogens is 1. The van der Waals surface area contributed by atoms with E-state index in [0.717, 1.165) is 0 Å². The molecular weight excluding hydrogens is 389 g/mol. The minimum Gasteiger partial charge on any atom is -0.351 e. The molecule has 3 heterocycles. The minimum atomic E-state index is -0.589. The molecule has 1 aromatic carbocycles. The van der Waals surface area contributed by atoms with Crippen molar-refractivity contribution in [1.29, 1.82) is 0 Å². The number of carbonyl (C=O) groups excluding carboxylic acids is 1. The number of carbonyl (C=O) groups is 1. The van der Waals surface area contributed by atoms with Gasteiger partial charge in [-0.15, -0.1) is 0 Å². The molecule has 4 rings (SSSR count). The van der Waals surface area contributed by atoms with Crippen LogP contribution in [-0.4, -0.2) is 26.0 Å². The van der Waals surface area contributed by atoms with E-state index in [1.165, 1.54) is 30.5 Å². The smallest absolute Gasteiger partial charge is 0.290 e. The van der Waals surface area contributed by atoms with Crippen LogP contribution in [0.3, 0.4) is 0 Å². The zero-order chi connectivity index (χ0) is 20.9. The molecule has 1 amide bonds. The van der Waals surface area contributed by atoms with Crippen LogP contribution < -0.4 is 10.9 Å². The van der Waals surface area contributed by atoms with Crippen molar-refractivity contribution in [3.63, 3.8) is 0 Å². The number of pyridine rings is 1. The van der Waals surface area contributed by atoms with Gasteiger partial charge in [0.1, 0.15) is 11.5 Å². The molecule has 0 bridgehead atoms. The lowest BCUT2D eigenvalue weighted by molar-refractivity contribution is 0.0899. The summed E-state index contributed by atoms with van der Waals surface area (Å²) in [6, 6.07) is 13.2. The van der Waals surface area contributed by atoms with Crippen molar-refractivity contribution in [1.82, 2.24) is 25.4 Å². The maximum Gasteiger partial charge on any atom is 0.290 e. The summed E-state index contributed by atoms with van der Waals surface area (Å²) in [5, 5.41) is 6.34. The normalized spacial score (nSPS) is 11.8.